The molecule has 0 aliphatic carbocycles. The molecule has 5 nitrogen and oxygen atoms in total. The number of thiocarbonyl (C=S) groups is 1. The monoisotopic (exact) mass is 339 g/mol. The average molecular weight is 339 g/mol. The number of nitrogens with one attached hydrogen (secondary N) is 2. The summed E-state index contributed by atoms with van der Waals surface area (Å²) < 4.78 is 5.28. The van der Waals surface area contributed by atoms with Crippen molar-refractivity contribution in [1.82, 2.24) is 15.6 Å². The molecule has 1 aromatic carbocycles. The van der Waals surface area contributed by atoms with Gasteiger partial charge in [0.25, 0.3) is 0 Å². The first-order valence-corrected chi connectivity index (χ1v) is 8.05. The van der Waals surface area contributed by atoms with E-state index in [2.05, 4.69) is 15.6 Å². The second-order valence-electron chi connectivity index (χ2n) is 5.19. The predicted octanol–water partition coefficient (Wildman–Crippen LogP) is 2.57. The summed E-state index contributed by atoms with van der Waals surface area (Å²) in [6.45, 7) is 2.09. The molecule has 3 rings (SSSR count). The molecule has 1 aliphatic rings. The Kier molecular flexibility index (Phi) is 4.86. The summed E-state index contributed by atoms with van der Waals surface area (Å²) in [5.41, 5.74) is 2.94. The number of esters is 1. The number of nitrogens with zero attached hydrogens (tertiary/aromatic N) is 1. The molecule has 1 aliphatic heterocycles. The van der Waals surface area contributed by atoms with Gasteiger partial charge in [-0.15, -0.1) is 0 Å². The summed E-state index contributed by atoms with van der Waals surface area (Å²) in [5, 5.41) is 6.72. The molecule has 6 heteroatoms. The van der Waals surface area contributed by atoms with Gasteiger partial charge in [0, 0.05) is 12.4 Å². The van der Waals surface area contributed by atoms with Gasteiger partial charge < -0.3 is 15.4 Å². The Morgan fingerprint density at radius 3 is 2.58 bits per heavy atom. The fourth-order valence-electron chi connectivity index (χ4n) is 2.63. The molecule has 0 saturated carbocycles. The highest BCUT2D eigenvalue weighted by molar-refractivity contribution is 7.80. The highest BCUT2D eigenvalue weighted by Crippen LogP contribution is 2.31. The van der Waals surface area contributed by atoms with Gasteiger partial charge in [0.05, 0.1) is 23.9 Å². The van der Waals surface area contributed by atoms with Crippen LogP contribution in [0, 0.1) is 0 Å². The van der Waals surface area contributed by atoms with E-state index < -0.39 is 6.04 Å². The first kappa shape index (κ1) is 16.1. The van der Waals surface area contributed by atoms with Gasteiger partial charge in [0.1, 0.15) is 0 Å². The van der Waals surface area contributed by atoms with Crippen LogP contribution in [0.5, 0.6) is 0 Å². The number of hydrogen-bond acceptors (Lipinski definition) is 4. The van der Waals surface area contributed by atoms with Gasteiger partial charge in [-0.05, 0) is 42.4 Å². The van der Waals surface area contributed by atoms with Gasteiger partial charge in [-0.25, -0.2) is 4.79 Å². The van der Waals surface area contributed by atoms with Crippen LogP contribution in [0.3, 0.4) is 0 Å². The zero-order valence-corrected chi connectivity index (χ0v) is 14.0. The third kappa shape index (κ3) is 3.28. The van der Waals surface area contributed by atoms with E-state index in [1.165, 1.54) is 0 Å². The molecular weight excluding hydrogens is 322 g/mol. The van der Waals surface area contributed by atoms with Gasteiger partial charge in [-0.3, -0.25) is 4.98 Å². The lowest BCUT2D eigenvalue weighted by Crippen LogP contribution is -2.45. The number of carbonyl (C=O) groups excluding carboxylic acids is 1. The fraction of sp³-hybridized carbons (Fsp3) is 0.167. The maximum atomic E-state index is 12.7. The zero-order chi connectivity index (χ0) is 16.9. The molecule has 0 bridgehead atoms. The number of ether oxygens (including phenoxy) is 1. The van der Waals surface area contributed by atoms with Crippen LogP contribution in [0.25, 0.3) is 5.70 Å². The SMILES string of the molecule is CCOC(=O)C1=C(c2ccccc2)NC(=S)N[C@@H]1c1ccncc1. The summed E-state index contributed by atoms with van der Waals surface area (Å²) in [7, 11) is 0. The van der Waals surface area contributed by atoms with Crippen LogP contribution in [0.4, 0.5) is 0 Å². The van der Waals surface area contributed by atoms with Crippen molar-refractivity contribution in [2.45, 2.75) is 13.0 Å². The van der Waals surface area contributed by atoms with Gasteiger partial charge >= 0.3 is 5.97 Å². The Bertz CT molecular complexity index is 775. The number of aromatic nitrogens is 1. The molecule has 0 fully saturated rings. The quantitative estimate of drug-likeness (QED) is 0.659. The van der Waals surface area contributed by atoms with Crippen molar-refractivity contribution >= 4 is 29.0 Å². The maximum absolute atomic E-state index is 12.7. The molecule has 1 aromatic heterocycles. The Labute approximate surface area is 145 Å². The van der Waals surface area contributed by atoms with Crippen molar-refractivity contribution in [3.63, 3.8) is 0 Å². The Morgan fingerprint density at radius 1 is 1.21 bits per heavy atom. The van der Waals surface area contributed by atoms with E-state index in [1.54, 1.807) is 19.3 Å². The zero-order valence-electron chi connectivity index (χ0n) is 13.2. The summed E-state index contributed by atoms with van der Waals surface area (Å²) in [5.74, 6) is -0.374. The van der Waals surface area contributed by atoms with E-state index >= 15 is 0 Å². The summed E-state index contributed by atoms with van der Waals surface area (Å²) >= 11 is 5.34. The molecule has 122 valence electrons. The standard InChI is InChI=1S/C18H17N3O2S/c1-2-23-17(22)14-15(12-6-4-3-5-7-12)20-18(24)21-16(14)13-8-10-19-11-9-13/h3-11,16H,2H2,1H3,(H2,20,21,24)/t16-/m1/s1. The molecule has 2 aromatic rings. The number of rotatable bonds is 4. The number of benzene rings is 1. The Morgan fingerprint density at radius 2 is 1.92 bits per heavy atom. The summed E-state index contributed by atoms with van der Waals surface area (Å²) in [6.07, 6.45) is 3.38. The van der Waals surface area contributed by atoms with Crippen molar-refractivity contribution < 1.29 is 9.53 Å². The van der Waals surface area contributed by atoms with Crippen LogP contribution < -0.4 is 10.6 Å². The molecular formula is C18H17N3O2S. The van der Waals surface area contributed by atoms with E-state index in [0.29, 0.717) is 23.0 Å². The minimum atomic E-state index is -0.393. The molecule has 2 heterocycles. The molecule has 0 amide bonds. The van der Waals surface area contributed by atoms with Crippen molar-refractivity contribution in [2.24, 2.45) is 0 Å². The number of hydrogen-bond donors (Lipinski definition) is 2. The third-order valence-corrected chi connectivity index (χ3v) is 3.89. The Hall–Kier alpha value is -2.73. The van der Waals surface area contributed by atoms with Crippen LogP contribution in [0.1, 0.15) is 24.1 Å². The minimum Gasteiger partial charge on any atom is -0.463 e. The van der Waals surface area contributed by atoms with Crippen molar-refractivity contribution in [1.29, 1.82) is 0 Å². The van der Waals surface area contributed by atoms with Crippen LogP contribution in [-0.4, -0.2) is 22.7 Å². The van der Waals surface area contributed by atoms with Gasteiger partial charge in [0.15, 0.2) is 5.11 Å². The summed E-state index contributed by atoms with van der Waals surface area (Å²) in [4.78, 5) is 16.7. The molecule has 24 heavy (non-hydrogen) atoms. The average Bonchev–Trinajstić information content (AvgIpc) is 2.62. The second kappa shape index (κ2) is 7.23. The largest absolute Gasteiger partial charge is 0.463 e. The molecule has 0 spiro atoms. The Balaban J connectivity index is 2.16. The lowest BCUT2D eigenvalue weighted by Gasteiger charge is -2.31. The number of pyridine rings is 1. The van der Waals surface area contributed by atoms with Gasteiger partial charge in [-0.2, -0.15) is 0 Å². The lowest BCUT2D eigenvalue weighted by molar-refractivity contribution is -0.138. The first-order chi connectivity index (χ1) is 11.7. The van der Waals surface area contributed by atoms with Gasteiger partial charge in [0.2, 0.25) is 0 Å². The lowest BCUT2D eigenvalue weighted by atomic mass is 9.93. The molecule has 0 saturated heterocycles. The predicted molar refractivity (Wildman–Crippen MR) is 95.8 cm³/mol. The first-order valence-electron chi connectivity index (χ1n) is 7.65. The molecule has 1 atom stereocenters. The fourth-order valence-corrected chi connectivity index (χ4v) is 2.85. The summed E-state index contributed by atoms with van der Waals surface area (Å²) in [6, 6.07) is 12.9. The van der Waals surface area contributed by atoms with Crippen molar-refractivity contribution in [3.05, 3.63) is 71.6 Å². The van der Waals surface area contributed by atoms with E-state index in [4.69, 9.17) is 17.0 Å². The van der Waals surface area contributed by atoms with Crippen LogP contribution in [0.15, 0.2) is 60.4 Å². The van der Waals surface area contributed by atoms with Gasteiger partial charge in [-0.1, -0.05) is 30.3 Å². The second-order valence-corrected chi connectivity index (χ2v) is 5.60. The molecule has 0 radical (unpaired) electrons. The number of carbonyl (C=O) groups is 1. The van der Waals surface area contributed by atoms with Crippen molar-refractivity contribution in [2.75, 3.05) is 6.61 Å². The van der Waals surface area contributed by atoms with E-state index in [9.17, 15) is 4.79 Å². The third-order valence-electron chi connectivity index (χ3n) is 3.67. The topological polar surface area (TPSA) is 63.2 Å². The molecule has 0 unspecified atom stereocenters. The molecule has 2 N–H and O–H groups in total. The maximum Gasteiger partial charge on any atom is 0.338 e. The van der Waals surface area contributed by atoms with Crippen LogP contribution >= 0.6 is 12.2 Å². The van der Waals surface area contributed by atoms with Crippen LogP contribution in [-0.2, 0) is 9.53 Å². The van der Waals surface area contributed by atoms with E-state index in [-0.39, 0.29) is 5.97 Å². The smallest absolute Gasteiger partial charge is 0.338 e. The van der Waals surface area contributed by atoms with Crippen LogP contribution in [0.2, 0.25) is 0 Å². The highest BCUT2D eigenvalue weighted by atomic mass is 32.1. The van der Waals surface area contributed by atoms with E-state index in [1.807, 2.05) is 42.5 Å². The van der Waals surface area contributed by atoms with E-state index in [0.717, 1.165) is 11.1 Å². The normalized spacial score (nSPS) is 17.0. The highest BCUT2D eigenvalue weighted by Gasteiger charge is 2.32. The minimum absolute atomic E-state index is 0.303. The van der Waals surface area contributed by atoms with Crippen molar-refractivity contribution in [3.8, 4) is 0 Å².